The van der Waals surface area contributed by atoms with E-state index in [-0.39, 0.29) is 5.50 Å². The van der Waals surface area contributed by atoms with Crippen LogP contribution < -0.4 is 4.90 Å². The predicted octanol–water partition coefficient (Wildman–Crippen LogP) is 3.41. The van der Waals surface area contributed by atoms with Gasteiger partial charge in [-0.25, -0.2) is 0 Å². The Balaban J connectivity index is 2.08. The number of hydrogen-bond acceptors (Lipinski definition) is 2. The fourth-order valence-electron chi connectivity index (χ4n) is 2.21. The maximum absolute atomic E-state index is 12.7. The first-order valence-corrected chi connectivity index (χ1v) is 6.62. The lowest BCUT2D eigenvalue weighted by Gasteiger charge is -2.37. The van der Waals surface area contributed by atoms with Gasteiger partial charge in [-0.05, 0) is 25.1 Å². The third-order valence-corrected chi connectivity index (χ3v) is 3.63. The first-order valence-electron chi connectivity index (χ1n) is 6.18. The van der Waals surface area contributed by atoms with E-state index in [4.69, 9.17) is 11.6 Å². The maximum atomic E-state index is 12.7. The minimum atomic E-state index is -4.29. The van der Waals surface area contributed by atoms with E-state index in [1.54, 1.807) is 6.07 Å². The molecule has 19 heavy (non-hydrogen) atoms. The minimum Gasteiger partial charge on any atom is -0.369 e. The number of rotatable bonds is 2. The summed E-state index contributed by atoms with van der Waals surface area (Å²) in [5.41, 5.74) is -0.0153. The summed E-state index contributed by atoms with van der Waals surface area (Å²) in [5, 5.41) is 0. The second kappa shape index (κ2) is 5.59. The monoisotopic (exact) mass is 292 g/mol. The fourth-order valence-corrected chi connectivity index (χ4v) is 2.41. The van der Waals surface area contributed by atoms with Crippen LogP contribution in [0.3, 0.4) is 0 Å². The first-order chi connectivity index (χ1) is 8.88. The van der Waals surface area contributed by atoms with Crippen molar-refractivity contribution in [3.63, 3.8) is 0 Å². The molecule has 1 aliphatic rings. The molecule has 6 heteroatoms. The van der Waals surface area contributed by atoms with Gasteiger partial charge in [0.2, 0.25) is 0 Å². The summed E-state index contributed by atoms with van der Waals surface area (Å²) >= 11 is 5.99. The zero-order valence-electron chi connectivity index (χ0n) is 10.6. The van der Waals surface area contributed by atoms with E-state index in [0.29, 0.717) is 18.8 Å². The first kappa shape index (κ1) is 14.5. The Morgan fingerprint density at radius 2 is 1.79 bits per heavy atom. The number of benzene rings is 1. The van der Waals surface area contributed by atoms with E-state index in [0.717, 1.165) is 19.2 Å². The number of piperazine rings is 1. The Hall–Kier alpha value is -0.940. The van der Waals surface area contributed by atoms with Gasteiger partial charge in [-0.1, -0.05) is 6.07 Å². The molecule has 106 valence electrons. The van der Waals surface area contributed by atoms with Crippen molar-refractivity contribution in [3.05, 3.63) is 29.8 Å². The quantitative estimate of drug-likeness (QED) is 0.609. The highest BCUT2D eigenvalue weighted by Gasteiger charge is 2.31. The fraction of sp³-hybridized carbons (Fsp3) is 0.538. The Kier molecular flexibility index (Phi) is 4.26. The van der Waals surface area contributed by atoms with Crippen LogP contribution in [0.15, 0.2) is 24.3 Å². The van der Waals surface area contributed by atoms with Gasteiger partial charge in [-0.2, -0.15) is 13.2 Å². The van der Waals surface area contributed by atoms with E-state index in [2.05, 4.69) is 4.90 Å². The normalized spacial score (nSPS) is 19.5. The molecule has 0 aliphatic carbocycles. The molecule has 1 aromatic carbocycles. The molecule has 1 unspecified atom stereocenters. The molecule has 1 fully saturated rings. The van der Waals surface area contributed by atoms with Crippen LogP contribution in [0.2, 0.25) is 0 Å². The molecule has 0 saturated carbocycles. The molecule has 1 atom stereocenters. The van der Waals surface area contributed by atoms with Crippen LogP contribution in [-0.4, -0.2) is 36.6 Å². The van der Waals surface area contributed by atoms with Crippen molar-refractivity contribution in [2.45, 2.75) is 18.6 Å². The molecule has 0 amide bonds. The van der Waals surface area contributed by atoms with Crippen LogP contribution in [-0.2, 0) is 6.18 Å². The molecule has 0 bridgehead atoms. The molecular weight excluding hydrogens is 277 g/mol. The number of nitrogens with zero attached hydrogens (tertiary/aromatic N) is 2. The largest absolute Gasteiger partial charge is 0.416 e. The molecular formula is C13H16ClF3N2. The van der Waals surface area contributed by atoms with E-state index >= 15 is 0 Å². The summed E-state index contributed by atoms with van der Waals surface area (Å²) in [4.78, 5) is 4.07. The molecule has 1 saturated heterocycles. The van der Waals surface area contributed by atoms with Crippen LogP contribution in [0, 0.1) is 0 Å². The highest BCUT2D eigenvalue weighted by atomic mass is 35.5. The SMILES string of the molecule is CC(Cl)N1CCN(c2cccc(C(F)(F)F)c2)CC1. The van der Waals surface area contributed by atoms with Crippen LogP contribution in [0.25, 0.3) is 0 Å². The van der Waals surface area contributed by atoms with Gasteiger partial charge in [0.1, 0.15) is 0 Å². The molecule has 1 aromatic rings. The number of hydrogen-bond donors (Lipinski definition) is 0. The zero-order valence-corrected chi connectivity index (χ0v) is 11.4. The van der Waals surface area contributed by atoms with Crippen LogP contribution in [0.1, 0.15) is 12.5 Å². The van der Waals surface area contributed by atoms with E-state index in [9.17, 15) is 13.2 Å². The summed E-state index contributed by atoms with van der Waals surface area (Å²) in [6, 6.07) is 5.48. The van der Waals surface area contributed by atoms with Gasteiger partial charge in [-0.15, -0.1) is 11.6 Å². The molecule has 0 radical (unpaired) electrons. The molecule has 2 rings (SSSR count). The average Bonchev–Trinajstić information content (AvgIpc) is 2.38. The van der Waals surface area contributed by atoms with Crippen molar-refractivity contribution >= 4 is 17.3 Å². The van der Waals surface area contributed by atoms with Gasteiger partial charge in [-0.3, -0.25) is 4.90 Å². The van der Waals surface area contributed by atoms with Gasteiger partial charge >= 0.3 is 6.18 Å². The minimum absolute atomic E-state index is 0.0383. The van der Waals surface area contributed by atoms with Crippen LogP contribution >= 0.6 is 11.6 Å². The number of anilines is 1. The second-order valence-electron chi connectivity index (χ2n) is 4.65. The average molecular weight is 293 g/mol. The van der Waals surface area contributed by atoms with Gasteiger partial charge < -0.3 is 4.90 Å². The molecule has 1 heterocycles. The zero-order chi connectivity index (χ0) is 14.0. The van der Waals surface area contributed by atoms with Crippen LogP contribution in [0.5, 0.6) is 0 Å². The molecule has 0 spiro atoms. The van der Waals surface area contributed by atoms with Gasteiger partial charge in [0.15, 0.2) is 0 Å². The Bertz CT molecular complexity index is 426. The van der Waals surface area contributed by atoms with Crippen molar-refractivity contribution in [2.24, 2.45) is 0 Å². The molecule has 1 aliphatic heterocycles. The van der Waals surface area contributed by atoms with Crippen molar-refractivity contribution in [1.29, 1.82) is 0 Å². The third-order valence-electron chi connectivity index (χ3n) is 3.36. The Morgan fingerprint density at radius 1 is 1.16 bits per heavy atom. The predicted molar refractivity (Wildman–Crippen MR) is 70.5 cm³/mol. The summed E-state index contributed by atoms with van der Waals surface area (Å²) in [6.07, 6.45) is -4.29. The number of alkyl halides is 4. The molecule has 0 aromatic heterocycles. The van der Waals surface area contributed by atoms with E-state index in [1.807, 2.05) is 11.8 Å². The third kappa shape index (κ3) is 3.54. The van der Waals surface area contributed by atoms with Gasteiger partial charge in [0.05, 0.1) is 11.1 Å². The summed E-state index contributed by atoms with van der Waals surface area (Å²) in [7, 11) is 0. The maximum Gasteiger partial charge on any atom is 0.416 e. The van der Waals surface area contributed by atoms with Crippen molar-refractivity contribution in [2.75, 3.05) is 31.1 Å². The van der Waals surface area contributed by atoms with E-state index in [1.165, 1.54) is 12.1 Å². The van der Waals surface area contributed by atoms with Crippen molar-refractivity contribution in [1.82, 2.24) is 4.90 Å². The van der Waals surface area contributed by atoms with Crippen LogP contribution in [0.4, 0.5) is 18.9 Å². The summed E-state index contributed by atoms with van der Waals surface area (Å²) in [6.45, 7) is 4.82. The Morgan fingerprint density at radius 3 is 2.32 bits per heavy atom. The number of halogens is 4. The van der Waals surface area contributed by atoms with Gasteiger partial charge in [0.25, 0.3) is 0 Å². The van der Waals surface area contributed by atoms with Crippen molar-refractivity contribution in [3.8, 4) is 0 Å². The highest BCUT2D eigenvalue weighted by molar-refractivity contribution is 6.20. The molecule has 0 N–H and O–H groups in total. The lowest BCUT2D eigenvalue weighted by molar-refractivity contribution is -0.137. The topological polar surface area (TPSA) is 6.48 Å². The van der Waals surface area contributed by atoms with Gasteiger partial charge in [0, 0.05) is 31.9 Å². The summed E-state index contributed by atoms with van der Waals surface area (Å²) < 4.78 is 38.0. The Labute approximate surface area is 115 Å². The standard InChI is InChI=1S/C13H16ClF3N2/c1-10(14)18-5-7-19(8-6-18)12-4-2-3-11(9-12)13(15,16)17/h2-4,9-10H,5-8H2,1H3. The smallest absolute Gasteiger partial charge is 0.369 e. The molecule has 2 nitrogen and oxygen atoms in total. The van der Waals surface area contributed by atoms with E-state index < -0.39 is 11.7 Å². The lowest BCUT2D eigenvalue weighted by Crippen LogP contribution is -2.48. The van der Waals surface area contributed by atoms with Crippen molar-refractivity contribution < 1.29 is 13.2 Å². The summed E-state index contributed by atoms with van der Waals surface area (Å²) in [5.74, 6) is 0. The lowest BCUT2D eigenvalue weighted by atomic mass is 10.1. The second-order valence-corrected chi connectivity index (χ2v) is 5.28. The highest BCUT2D eigenvalue weighted by Crippen LogP contribution is 2.31.